The molecule has 0 aliphatic heterocycles. The maximum absolute atomic E-state index is 11.9. The van der Waals surface area contributed by atoms with Crippen LogP contribution in [0.25, 0.3) is 0 Å². The van der Waals surface area contributed by atoms with Crippen molar-refractivity contribution in [3.63, 3.8) is 0 Å². The summed E-state index contributed by atoms with van der Waals surface area (Å²) in [5.74, 6) is -0.192. The Hall–Kier alpha value is -2.14. The van der Waals surface area contributed by atoms with Crippen LogP contribution in [0.2, 0.25) is 0 Å². The topological polar surface area (TPSA) is 72.9 Å². The highest BCUT2D eigenvalue weighted by Crippen LogP contribution is 2.09. The van der Waals surface area contributed by atoms with Gasteiger partial charge in [0.05, 0.1) is 12.2 Å². The molecule has 1 heterocycles. The SMILES string of the molecule is Cn1nccc1CNC(=O)[C@H](N)c1ccccc1. The summed E-state index contributed by atoms with van der Waals surface area (Å²) in [6.07, 6.45) is 1.69. The summed E-state index contributed by atoms with van der Waals surface area (Å²) in [7, 11) is 1.83. The monoisotopic (exact) mass is 244 g/mol. The zero-order chi connectivity index (χ0) is 13.0. The average Bonchev–Trinajstić information content (AvgIpc) is 2.81. The second-order valence-electron chi connectivity index (χ2n) is 4.05. The predicted octanol–water partition coefficient (Wildman–Crippen LogP) is 0.736. The van der Waals surface area contributed by atoms with Gasteiger partial charge in [-0.3, -0.25) is 9.48 Å². The molecular formula is C13H16N4O. The summed E-state index contributed by atoms with van der Waals surface area (Å²) < 4.78 is 1.72. The lowest BCUT2D eigenvalue weighted by molar-refractivity contribution is -0.122. The Bertz CT molecular complexity index is 521. The molecule has 1 amide bonds. The highest BCUT2D eigenvalue weighted by molar-refractivity contribution is 5.82. The minimum Gasteiger partial charge on any atom is -0.349 e. The fourth-order valence-electron chi connectivity index (χ4n) is 1.67. The van der Waals surface area contributed by atoms with Gasteiger partial charge in [0.25, 0.3) is 0 Å². The van der Waals surface area contributed by atoms with Gasteiger partial charge in [-0.2, -0.15) is 5.10 Å². The molecule has 0 fully saturated rings. The van der Waals surface area contributed by atoms with Gasteiger partial charge >= 0.3 is 0 Å². The lowest BCUT2D eigenvalue weighted by Crippen LogP contribution is -2.34. The normalized spacial score (nSPS) is 12.1. The van der Waals surface area contributed by atoms with E-state index in [2.05, 4.69) is 10.4 Å². The van der Waals surface area contributed by atoms with Gasteiger partial charge in [-0.25, -0.2) is 0 Å². The van der Waals surface area contributed by atoms with E-state index in [-0.39, 0.29) is 5.91 Å². The lowest BCUT2D eigenvalue weighted by Gasteiger charge is -2.12. The number of nitrogens with two attached hydrogens (primary N) is 1. The standard InChI is InChI=1S/C13H16N4O/c1-17-11(7-8-16-17)9-15-13(18)12(14)10-5-3-2-4-6-10/h2-8,12H,9,14H2,1H3,(H,15,18)/t12-/m1/s1. The molecule has 1 aromatic heterocycles. The van der Waals surface area contributed by atoms with Crippen LogP contribution in [0.3, 0.4) is 0 Å². The Morgan fingerprint density at radius 2 is 2.11 bits per heavy atom. The molecular weight excluding hydrogens is 228 g/mol. The molecule has 0 saturated carbocycles. The van der Waals surface area contributed by atoms with Crippen molar-refractivity contribution in [3.8, 4) is 0 Å². The van der Waals surface area contributed by atoms with Crippen LogP contribution in [0.1, 0.15) is 17.3 Å². The van der Waals surface area contributed by atoms with Crippen molar-refractivity contribution in [2.75, 3.05) is 0 Å². The van der Waals surface area contributed by atoms with Crippen LogP contribution in [-0.4, -0.2) is 15.7 Å². The van der Waals surface area contributed by atoms with Gasteiger partial charge in [-0.15, -0.1) is 0 Å². The van der Waals surface area contributed by atoms with Gasteiger partial charge in [0.15, 0.2) is 0 Å². The number of rotatable bonds is 4. The van der Waals surface area contributed by atoms with Crippen LogP contribution in [-0.2, 0) is 18.4 Å². The first-order valence-corrected chi connectivity index (χ1v) is 5.73. The first-order chi connectivity index (χ1) is 8.68. The van der Waals surface area contributed by atoms with E-state index < -0.39 is 6.04 Å². The van der Waals surface area contributed by atoms with Crippen LogP contribution in [0.4, 0.5) is 0 Å². The third kappa shape index (κ3) is 2.75. The van der Waals surface area contributed by atoms with Gasteiger partial charge in [0.1, 0.15) is 6.04 Å². The quantitative estimate of drug-likeness (QED) is 0.833. The van der Waals surface area contributed by atoms with Crippen LogP contribution in [0, 0.1) is 0 Å². The summed E-state index contributed by atoms with van der Waals surface area (Å²) in [5, 5.41) is 6.83. The number of carbonyl (C=O) groups excluding carboxylic acids is 1. The number of amides is 1. The Labute approximate surface area is 106 Å². The average molecular weight is 244 g/mol. The van der Waals surface area contributed by atoms with Crippen molar-refractivity contribution in [3.05, 3.63) is 53.9 Å². The van der Waals surface area contributed by atoms with Crippen molar-refractivity contribution < 1.29 is 4.79 Å². The fourth-order valence-corrected chi connectivity index (χ4v) is 1.67. The van der Waals surface area contributed by atoms with Crippen LogP contribution < -0.4 is 11.1 Å². The molecule has 0 unspecified atom stereocenters. The molecule has 5 heteroatoms. The van der Waals surface area contributed by atoms with Gasteiger partial charge in [-0.1, -0.05) is 30.3 Å². The van der Waals surface area contributed by atoms with Crippen LogP contribution in [0.15, 0.2) is 42.6 Å². The predicted molar refractivity (Wildman–Crippen MR) is 68.4 cm³/mol. The van der Waals surface area contributed by atoms with Gasteiger partial charge in [0, 0.05) is 13.2 Å². The Morgan fingerprint density at radius 1 is 1.39 bits per heavy atom. The molecule has 3 N–H and O–H groups in total. The third-order valence-corrected chi connectivity index (χ3v) is 2.81. The highest BCUT2D eigenvalue weighted by atomic mass is 16.2. The summed E-state index contributed by atoms with van der Waals surface area (Å²) in [6, 6.07) is 10.5. The van der Waals surface area contributed by atoms with Crippen LogP contribution >= 0.6 is 0 Å². The molecule has 0 aliphatic carbocycles. The minimum atomic E-state index is -0.639. The molecule has 0 spiro atoms. The zero-order valence-electron chi connectivity index (χ0n) is 10.2. The largest absolute Gasteiger partial charge is 0.349 e. The van der Waals surface area contributed by atoms with E-state index in [1.54, 1.807) is 10.9 Å². The molecule has 0 bridgehead atoms. The Morgan fingerprint density at radius 3 is 2.72 bits per heavy atom. The van der Waals surface area contributed by atoms with Crippen molar-refractivity contribution in [2.24, 2.45) is 12.8 Å². The summed E-state index contributed by atoms with van der Waals surface area (Å²) in [4.78, 5) is 11.9. The van der Waals surface area contributed by atoms with E-state index in [1.165, 1.54) is 0 Å². The zero-order valence-corrected chi connectivity index (χ0v) is 10.2. The molecule has 2 rings (SSSR count). The minimum absolute atomic E-state index is 0.192. The lowest BCUT2D eigenvalue weighted by atomic mass is 10.1. The second-order valence-corrected chi connectivity index (χ2v) is 4.05. The first-order valence-electron chi connectivity index (χ1n) is 5.73. The Balaban J connectivity index is 1.95. The number of nitrogens with zero attached hydrogens (tertiary/aromatic N) is 2. The smallest absolute Gasteiger partial charge is 0.241 e. The molecule has 0 radical (unpaired) electrons. The van der Waals surface area contributed by atoms with E-state index in [1.807, 2.05) is 43.4 Å². The first kappa shape index (κ1) is 12.3. The molecule has 1 aromatic carbocycles. The summed E-state index contributed by atoms with van der Waals surface area (Å²) >= 11 is 0. The van der Waals surface area contributed by atoms with Gasteiger partial charge in [-0.05, 0) is 11.6 Å². The number of benzene rings is 1. The Kier molecular flexibility index (Phi) is 3.74. The maximum atomic E-state index is 11.9. The van der Waals surface area contributed by atoms with E-state index >= 15 is 0 Å². The van der Waals surface area contributed by atoms with E-state index in [0.717, 1.165) is 11.3 Å². The molecule has 0 aliphatic rings. The van der Waals surface area contributed by atoms with Gasteiger partial charge in [0.2, 0.25) is 5.91 Å². The number of aromatic nitrogens is 2. The van der Waals surface area contributed by atoms with E-state index in [4.69, 9.17) is 5.73 Å². The van der Waals surface area contributed by atoms with Gasteiger partial charge < -0.3 is 11.1 Å². The van der Waals surface area contributed by atoms with E-state index in [9.17, 15) is 4.79 Å². The molecule has 94 valence electrons. The molecule has 0 saturated heterocycles. The van der Waals surface area contributed by atoms with Crippen molar-refractivity contribution >= 4 is 5.91 Å². The number of aryl methyl sites for hydroxylation is 1. The van der Waals surface area contributed by atoms with Crippen molar-refractivity contribution in [1.29, 1.82) is 0 Å². The molecule has 5 nitrogen and oxygen atoms in total. The summed E-state index contributed by atoms with van der Waals surface area (Å²) in [5.41, 5.74) is 7.62. The summed E-state index contributed by atoms with van der Waals surface area (Å²) in [6.45, 7) is 0.426. The molecule has 2 aromatic rings. The van der Waals surface area contributed by atoms with Crippen molar-refractivity contribution in [1.82, 2.24) is 15.1 Å². The number of nitrogens with one attached hydrogen (secondary N) is 1. The maximum Gasteiger partial charge on any atom is 0.241 e. The fraction of sp³-hybridized carbons (Fsp3) is 0.231. The van der Waals surface area contributed by atoms with Crippen molar-refractivity contribution in [2.45, 2.75) is 12.6 Å². The van der Waals surface area contributed by atoms with Crippen LogP contribution in [0.5, 0.6) is 0 Å². The molecule has 1 atom stereocenters. The number of hydrogen-bond acceptors (Lipinski definition) is 3. The number of carbonyl (C=O) groups is 1. The highest BCUT2D eigenvalue weighted by Gasteiger charge is 2.15. The second kappa shape index (κ2) is 5.46. The number of hydrogen-bond donors (Lipinski definition) is 2. The molecule has 18 heavy (non-hydrogen) atoms. The third-order valence-electron chi connectivity index (χ3n) is 2.81. The van der Waals surface area contributed by atoms with E-state index in [0.29, 0.717) is 6.54 Å².